The van der Waals surface area contributed by atoms with Gasteiger partial charge in [0.25, 0.3) is 0 Å². The van der Waals surface area contributed by atoms with Gasteiger partial charge in [-0.05, 0) is 70.6 Å². The zero-order valence-corrected chi connectivity index (χ0v) is 17.0. The third kappa shape index (κ3) is 4.02. The molecular formula is C27H24O2. The van der Waals surface area contributed by atoms with Gasteiger partial charge in [-0.3, -0.25) is 0 Å². The average Bonchev–Trinajstić information content (AvgIpc) is 2.79. The second kappa shape index (κ2) is 8.24. The first-order valence-corrected chi connectivity index (χ1v) is 9.68. The van der Waals surface area contributed by atoms with Crippen molar-refractivity contribution in [1.29, 1.82) is 0 Å². The molecule has 0 radical (unpaired) electrons. The van der Waals surface area contributed by atoms with Crippen molar-refractivity contribution in [3.63, 3.8) is 0 Å². The fraction of sp³-hybridized carbons (Fsp3) is 0.111. The molecule has 0 saturated carbocycles. The van der Waals surface area contributed by atoms with Crippen LogP contribution in [0, 0.1) is 6.92 Å². The summed E-state index contributed by atoms with van der Waals surface area (Å²) in [6, 6.07) is 31.8. The Hall–Kier alpha value is -3.52. The zero-order chi connectivity index (χ0) is 20.2. The van der Waals surface area contributed by atoms with Crippen LogP contribution in [-0.4, -0.2) is 14.2 Å². The van der Waals surface area contributed by atoms with Gasteiger partial charge in [0.2, 0.25) is 0 Å². The molecule has 0 bridgehead atoms. The first-order valence-electron chi connectivity index (χ1n) is 9.68. The molecule has 0 aliphatic carbocycles. The van der Waals surface area contributed by atoms with E-state index in [9.17, 15) is 0 Å². The highest BCUT2D eigenvalue weighted by Crippen LogP contribution is 2.36. The van der Waals surface area contributed by atoms with Crippen molar-refractivity contribution in [3.05, 3.63) is 96.6 Å². The summed E-state index contributed by atoms with van der Waals surface area (Å²) in [5.41, 5.74) is 8.39. The lowest BCUT2D eigenvalue weighted by molar-refractivity contribution is 0.415. The molecule has 0 amide bonds. The lowest BCUT2D eigenvalue weighted by Gasteiger charge is -2.14. The number of ether oxygens (including phenoxy) is 2. The minimum atomic E-state index is 0.862. The van der Waals surface area contributed by atoms with Gasteiger partial charge in [0.1, 0.15) is 11.5 Å². The second-order valence-electron chi connectivity index (χ2n) is 7.08. The van der Waals surface area contributed by atoms with E-state index < -0.39 is 0 Å². The SMILES string of the molecule is COc1ccc(-c2ccc(-c3ccc(OC)cc3)c(-c3ccc(C)cc3)c2)cc1. The average molecular weight is 380 g/mol. The van der Waals surface area contributed by atoms with Crippen LogP contribution in [0.15, 0.2) is 91.0 Å². The predicted octanol–water partition coefficient (Wildman–Crippen LogP) is 7.01. The molecule has 29 heavy (non-hydrogen) atoms. The van der Waals surface area contributed by atoms with Gasteiger partial charge < -0.3 is 9.47 Å². The van der Waals surface area contributed by atoms with E-state index >= 15 is 0 Å². The lowest BCUT2D eigenvalue weighted by atomic mass is 9.91. The summed E-state index contributed by atoms with van der Waals surface area (Å²) in [4.78, 5) is 0. The van der Waals surface area contributed by atoms with Gasteiger partial charge in [0, 0.05) is 0 Å². The molecule has 0 atom stereocenters. The molecule has 4 rings (SSSR count). The molecule has 4 aromatic rings. The summed E-state index contributed by atoms with van der Waals surface area (Å²) in [6.07, 6.45) is 0. The predicted molar refractivity (Wildman–Crippen MR) is 121 cm³/mol. The zero-order valence-electron chi connectivity index (χ0n) is 17.0. The molecule has 0 aliphatic rings. The third-order valence-electron chi connectivity index (χ3n) is 5.21. The van der Waals surface area contributed by atoms with E-state index in [2.05, 4.69) is 73.7 Å². The molecule has 0 saturated heterocycles. The Morgan fingerprint density at radius 1 is 0.448 bits per heavy atom. The van der Waals surface area contributed by atoms with Crippen molar-refractivity contribution in [2.24, 2.45) is 0 Å². The number of methoxy groups -OCH3 is 2. The van der Waals surface area contributed by atoms with Gasteiger partial charge in [0.15, 0.2) is 0 Å². The van der Waals surface area contributed by atoms with Crippen LogP contribution in [0.5, 0.6) is 11.5 Å². The smallest absolute Gasteiger partial charge is 0.118 e. The maximum Gasteiger partial charge on any atom is 0.118 e. The van der Waals surface area contributed by atoms with Crippen molar-refractivity contribution in [2.45, 2.75) is 6.92 Å². The number of rotatable bonds is 5. The van der Waals surface area contributed by atoms with Crippen LogP contribution in [0.25, 0.3) is 33.4 Å². The highest BCUT2D eigenvalue weighted by Gasteiger charge is 2.10. The Morgan fingerprint density at radius 2 is 0.897 bits per heavy atom. The number of benzene rings is 4. The molecule has 0 aliphatic heterocycles. The summed E-state index contributed by atoms with van der Waals surface area (Å²) in [5.74, 6) is 1.72. The normalized spacial score (nSPS) is 10.6. The number of aryl methyl sites for hydroxylation is 1. The molecule has 0 aromatic heterocycles. The van der Waals surface area contributed by atoms with Crippen molar-refractivity contribution in [3.8, 4) is 44.9 Å². The molecular weight excluding hydrogens is 356 g/mol. The summed E-state index contributed by atoms with van der Waals surface area (Å²) in [5, 5.41) is 0. The first-order chi connectivity index (χ1) is 14.2. The van der Waals surface area contributed by atoms with Crippen LogP contribution in [0.3, 0.4) is 0 Å². The molecule has 4 aromatic carbocycles. The van der Waals surface area contributed by atoms with E-state index in [-0.39, 0.29) is 0 Å². The lowest BCUT2D eigenvalue weighted by Crippen LogP contribution is -1.89. The topological polar surface area (TPSA) is 18.5 Å². The maximum atomic E-state index is 5.32. The van der Waals surface area contributed by atoms with Gasteiger partial charge in [-0.25, -0.2) is 0 Å². The summed E-state index contributed by atoms with van der Waals surface area (Å²) in [6.45, 7) is 2.11. The van der Waals surface area contributed by atoms with Gasteiger partial charge in [0.05, 0.1) is 14.2 Å². The number of hydrogen-bond acceptors (Lipinski definition) is 2. The van der Waals surface area contributed by atoms with E-state index in [1.165, 1.54) is 38.9 Å². The molecule has 2 heteroatoms. The largest absolute Gasteiger partial charge is 0.497 e. The second-order valence-corrected chi connectivity index (χ2v) is 7.08. The van der Waals surface area contributed by atoms with Crippen LogP contribution in [0.4, 0.5) is 0 Å². The van der Waals surface area contributed by atoms with E-state index in [0.29, 0.717) is 0 Å². The van der Waals surface area contributed by atoms with Gasteiger partial charge in [-0.2, -0.15) is 0 Å². The molecule has 0 N–H and O–H groups in total. The standard InChI is InChI=1S/C27H24O2/c1-19-4-6-22(7-5-19)27-18-23(20-8-13-24(28-2)14-9-20)12-17-26(27)21-10-15-25(29-3)16-11-21/h4-18H,1-3H3. The van der Waals surface area contributed by atoms with Crippen molar-refractivity contribution in [2.75, 3.05) is 14.2 Å². The molecule has 2 nitrogen and oxygen atoms in total. The van der Waals surface area contributed by atoms with Crippen LogP contribution in [-0.2, 0) is 0 Å². The fourth-order valence-corrected chi connectivity index (χ4v) is 3.50. The Kier molecular flexibility index (Phi) is 5.35. The van der Waals surface area contributed by atoms with E-state index in [4.69, 9.17) is 9.47 Å². The molecule has 144 valence electrons. The first kappa shape index (κ1) is 18.8. The van der Waals surface area contributed by atoms with Crippen LogP contribution >= 0.6 is 0 Å². The Balaban J connectivity index is 1.84. The van der Waals surface area contributed by atoms with Crippen LogP contribution in [0.2, 0.25) is 0 Å². The van der Waals surface area contributed by atoms with Gasteiger partial charge in [-0.15, -0.1) is 0 Å². The minimum absolute atomic E-state index is 0.862. The molecule has 0 spiro atoms. The van der Waals surface area contributed by atoms with Crippen molar-refractivity contribution in [1.82, 2.24) is 0 Å². The Bertz CT molecular complexity index is 1090. The van der Waals surface area contributed by atoms with Crippen molar-refractivity contribution < 1.29 is 9.47 Å². The summed E-state index contributed by atoms with van der Waals surface area (Å²) >= 11 is 0. The van der Waals surface area contributed by atoms with Crippen LogP contribution < -0.4 is 9.47 Å². The Labute approximate surface area is 172 Å². The summed E-state index contributed by atoms with van der Waals surface area (Å²) in [7, 11) is 3.38. The maximum absolute atomic E-state index is 5.32. The monoisotopic (exact) mass is 380 g/mol. The van der Waals surface area contributed by atoms with Crippen molar-refractivity contribution >= 4 is 0 Å². The number of hydrogen-bond donors (Lipinski definition) is 0. The molecule has 0 heterocycles. The Morgan fingerprint density at radius 3 is 1.45 bits per heavy atom. The van der Waals surface area contributed by atoms with E-state index in [1.54, 1.807) is 14.2 Å². The molecule has 0 fully saturated rings. The van der Waals surface area contributed by atoms with E-state index in [1.807, 2.05) is 24.3 Å². The highest BCUT2D eigenvalue weighted by atomic mass is 16.5. The highest BCUT2D eigenvalue weighted by molar-refractivity contribution is 5.87. The quantitative estimate of drug-likeness (QED) is 0.371. The van der Waals surface area contributed by atoms with Crippen LogP contribution in [0.1, 0.15) is 5.56 Å². The summed E-state index contributed by atoms with van der Waals surface area (Å²) < 4.78 is 10.6. The third-order valence-corrected chi connectivity index (χ3v) is 5.21. The fourth-order valence-electron chi connectivity index (χ4n) is 3.50. The van der Waals surface area contributed by atoms with Gasteiger partial charge in [-0.1, -0.05) is 66.2 Å². The van der Waals surface area contributed by atoms with Gasteiger partial charge >= 0.3 is 0 Å². The van der Waals surface area contributed by atoms with E-state index in [0.717, 1.165) is 11.5 Å². The minimum Gasteiger partial charge on any atom is -0.497 e. The molecule has 0 unspecified atom stereocenters.